The van der Waals surface area contributed by atoms with Gasteiger partial charge in [0.2, 0.25) is 0 Å². The smallest absolute Gasteiger partial charge is 0.0490 e. The van der Waals surface area contributed by atoms with E-state index in [4.69, 9.17) is 0 Å². The molecule has 0 unspecified atom stereocenters. The van der Waals surface area contributed by atoms with Crippen molar-refractivity contribution in [1.29, 1.82) is 0 Å². The van der Waals surface area contributed by atoms with E-state index < -0.39 is 0 Å². The van der Waals surface area contributed by atoms with Crippen LogP contribution in [0.25, 0.3) is 0 Å². The highest BCUT2D eigenvalue weighted by Gasteiger charge is 2.15. The lowest BCUT2D eigenvalue weighted by Gasteiger charge is -2.27. The van der Waals surface area contributed by atoms with Gasteiger partial charge in [0, 0.05) is 56.4 Å². The molecule has 7 rings (SSSR count). The van der Waals surface area contributed by atoms with Gasteiger partial charge < -0.3 is 9.80 Å². The fourth-order valence-electron chi connectivity index (χ4n) is 6.43. The third-order valence-corrected chi connectivity index (χ3v) is 9.05. The molecule has 2 heteroatoms. The van der Waals surface area contributed by atoms with Crippen molar-refractivity contribution in [3.8, 4) is 23.7 Å². The number of hydrogen-bond acceptors (Lipinski definition) is 2. The van der Waals surface area contributed by atoms with Crippen LogP contribution in [0, 0.1) is 51.4 Å². The van der Waals surface area contributed by atoms with Gasteiger partial charge in [-0.1, -0.05) is 95.5 Å². The summed E-state index contributed by atoms with van der Waals surface area (Å²) >= 11 is 0. The second-order valence-corrected chi connectivity index (χ2v) is 13.1. The Morgan fingerprint density at radius 3 is 0.904 bits per heavy atom. The highest BCUT2D eigenvalue weighted by atomic mass is 15.1. The maximum atomic E-state index is 3.34. The second kappa shape index (κ2) is 15.4. The molecule has 0 N–H and O–H groups in total. The Bertz CT molecular complexity index is 2250. The number of hydrogen-bond donors (Lipinski definition) is 0. The predicted molar refractivity (Wildman–Crippen MR) is 220 cm³/mol. The van der Waals surface area contributed by atoms with Crippen LogP contribution < -0.4 is 9.80 Å². The van der Waals surface area contributed by atoms with Gasteiger partial charge in [-0.05, 0) is 148 Å². The second-order valence-electron chi connectivity index (χ2n) is 13.1. The van der Waals surface area contributed by atoms with E-state index in [0.29, 0.717) is 0 Å². The number of nitrogens with zero attached hydrogens (tertiary/aromatic N) is 2. The summed E-state index contributed by atoms with van der Waals surface area (Å²) in [6, 6.07) is 59.2. The van der Waals surface area contributed by atoms with Crippen molar-refractivity contribution >= 4 is 34.1 Å². The summed E-state index contributed by atoms with van der Waals surface area (Å²) < 4.78 is 0. The molecule has 0 spiro atoms. The molecule has 0 heterocycles. The van der Waals surface area contributed by atoms with Gasteiger partial charge >= 0.3 is 0 Å². The summed E-state index contributed by atoms with van der Waals surface area (Å²) in [7, 11) is 0. The molecule has 2 nitrogen and oxygen atoms in total. The Kier molecular flexibility index (Phi) is 10.0. The highest BCUT2D eigenvalue weighted by molar-refractivity contribution is 5.80. The van der Waals surface area contributed by atoms with Crippen molar-refractivity contribution in [3.05, 3.63) is 214 Å². The normalized spacial score (nSPS) is 10.4. The van der Waals surface area contributed by atoms with Crippen molar-refractivity contribution in [2.45, 2.75) is 27.7 Å². The molecule has 0 aliphatic rings. The summed E-state index contributed by atoms with van der Waals surface area (Å²) in [5, 5.41) is 0. The van der Waals surface area contributed by atoms with Gasteiger partial charge in [0.1, 0.15) is 0 Å². The van der Waals surface area contributed by atoms with Crippen molar-refractivity contribution in [2.75, 3.05) is 9.80 Å². The average Bonchev–Trinajstić information content (AvgIpc) is 3.17. The number of rotatable bonds is 6. The first-order valence-corrected chi connectivity index (χ1v) is 17.6. The van der Waals surface area contributed by atoms with E-state index in [2.05, 4.69) is 195 Å². The van der Waals surface area contributed by atoms with Crippen LogP contribution in [0.5, 0.6) is 0 Å². The molecule has 0 aliphatic heterocycles. The fraction of sp³-hybridized carbons (Fsp3) is 0.0800. The largest absolute Gasteiger partial charge is 0.310 e. The summed E-state index contributed by atoms with van der Waals surface area (Å²) in [6.07, 6.45) is 0. The molecule has 0 radical (unpaired) electrons. The van der Waals surface area contributed by atoms with Gasteiger partial charge in [0.05, 0.1) is 0 Å². The molecule has 0 aliphatic carbocycles. The van der Waals surface area contributed by atoms with Crippen molar-refractivity contribution in [2.24, 2.45) is 0 Å². The minimum absolute atomic E-state index is 0.951. The van der Waals surface area contributed by atoms with Crippen LogP contribution in [0.1, 0.15) is 44.5 Å². The molecular formula is C50H40N2. The van der Waals surface area contributed by atoms with E-state index in [1.165, 1.54) is 33.6 Å². The Morgan fingerprint density at radius 1 is 0.308 bits per heavy atom. The monoisotopic (exact) mass is 668 g/mol. The zero-order valence-corrected chi connectivity index (χ0v) is 30.1. The molecule has 0 aromatic heterocycles. The summed E-state index contributed by atoms with van der Waals surface area (Å²) in [6.45, 7) is 8.59. The molecule has 0 atom stereocenters. The lowest BCUT2D eigenvalue weighted by atomic mass is 10.1. The lowest BCUT2D eigenvalue weighted by molar-refractivity contribution is 1.24. The summed E-state index contributed by atoms with van der Waals surface area (Å²) in [5.74, 6) is 13.3. The van der Waals surface area contributed by atoms with E-state index in [1.807, 2.05) is 36.4 Å². The lowest BCUT2D eigenvalue weighted by Crippen LogP contribution is -2.11. The van der Waals surface area contributed by atoms with E-state index in [1.54, 1.807) is 0 Å². The van der Waals surface area contributed by atoms with Gasteiger partial charge in [-0.25, -0.2) is 0 Å². The van der Waals surface area contributed by atoms with Gasteiger partial charge in [0.25, 0.3) is 0 Å². The van der Waals surface area contributed by atoms with Crippen LogP contribution in [0.15, 0.2) is 170 Å². The maximum absolute atomic E-state index is 3.34. The van der Waals surface area contributed by atoms with E-state index >= 15 is 0 Å². The molecule has 0 saturated heterocycles. The number of anilines is 6. The van der Waals surface area contributed by atoms with Crippen LogP contribution in [0.3, 0.4) is 0 Å². The van der Waals surface area contributed by atoms with E-state index in [-0.39, 0.29) is 0 Å². The minimum atomic E-state index is 0.951. The molecule has 0 amide bonds. The van der Waals surface area contributed by atoms with Crippen molar-refractivity contribution in [3.63, 3.8) is 0 Å². The SMILES string of the molecule is Cc1ccc(N(c2ccccc2)c2ccc(C#Cc3ccc(C#Cc4ccc(N(c5ccccc5)c5ccc(C)cc5C)cc4)cc3)cc2)c(C)c1. The fourth-order valence-corrected chi connectivity index (χ4v) is 6.43. The first-order valence-electron chi connectivity index (χ1n) is 17.6. The predicted octanol–water partition coefficient (Wildman–Crippen LogP) is 12.7. The van der Waals surface area contributed by atoms with Crippen LogP contribution in [0.4, 0.5) is 34.1 Å². The Balaban J connectivity index is 1.05. The first kappa shape index (κ1) is 33.7. The zero-order chi connectivity index (χ0) is 35.9. The molecule has 7 aromatic carbocycles. The molecule has 0 fully saturated rings. The van der Waals surface area contributed by atoms with Crippen molar-refractivity contribution < 1.29 is 0 Å². The zero-order valence-electron chi connectivity index (χ0n) is 30.1. The third kappa shape index (κ3) is 7.84. The van der Waals surface area contributed by atoms with Gasteiger partial charge in [-0.3, -0.25) is 0 Å². The van der Waals surface area contributed by atoms with Crippen LogP contribution >= 0.6 is 0 Å². The summed E-state index contributed by atoms with van der Waals surface area (Å²) in [4.78, 5) is 4.59. The van der Waals surface area contributed by atoms with Crippen molar-refractivity contribution in [1.82, 2.24) is 0 Å². The van der Waals surface area contributed by atoms with E-state index in [9.17, 15) is 0 Å². The number of benzene rings is 7. The minimum Gasteiger partial charge on any atom is -0.310 e. The van der Waals surface area contributed by atoms with Crippen LogP contribution in [0.2, 0.25) is 0 Å². The summed E-state index contributed by atoms with van der Waals surface area (Å²) in [5.41, 5.74) is 15.6. The topological polar surface area (TPSA) is 6.48 Å². The molecule has 0 bridgehead atoms. The molecule has 0 saturated carbocycles. The Morgan fingerprint density at radius 2 is 0.596 bits per heavy atom. The van der Waals surface area contributed by atoms with Gasteiger partial charge in [0.15, 0.2) is 0 Å². The Hall–Kier alpha value is -6.74. The van der Waals surface area contributed by atoms with Crippen LogP contribution in [-0.4, -0.2) is 0 Å². The number of para-hydroxylation sites is 2. The quantitative estimate of drug-likeness (QED) is 0.163. The molecule has 7 aromatic rings. The third-order valence-electron chi connectivity index (χ3n) is 9.05. The average molecular weight is 669 g/mol. The maximum Gasteiger partial charge on any atom is 0.0490 e. The standard InChI is InChI=1S/C50H40N2/c1-37-15-33-49(39(3)35-37)51(45-11-7-5-8-12-45)47-29-25-43(26-30-47)23-21-41-17-19-42(20-18-41)22-24-44-27-31-48(32-28-44)52(46-13-9-6-10-14-46)50-34-16-38(2)36-40(50)4/h5-20,25-36H,1-4H3. The number of aryl methyl sites for hydroxylation is 4. The first-order chi connectivity index (χ1) is 25.4. The molecule has 250 valence electrons. The van der Waals surface area contributed by atoms with E-state index in [0.717, 1.165) is 45.0 Å². The Labute approximate surface area is 308 Å². The van der Waals surface area contributed by atoms with Crippen LogP contribution in [-0.2, 0) is 0 Å². The van der Waals surface area contributed by atoms with Gasteiger partial charge in [-0.15, -0.1) is 0 Å². The van der Waals surface area contributed by atoms with Gasteiger partial charge in [-0.2, -0.15) is 0 Å². The highest BCUT2D eigenvalue weighted by Crippen LogP contribution is 2.38. The molecule has 52 heavy (non-hydrogen) atoms. The molecular weight excluding hydrogens is 629 g/mol.